The summed E-state index contributed by atoms with van der Waals surface area (Å²) in [7, 11) is 0. The van der Waals surface area contributed by atoms with Crippen molar-refractivity contribution in [3.63, 3.8) is 0 Å². The van der Waals surface area contributed by atoms with Crippen LogP contribution in [0.25, 0.3) is 0 Å². The van der Waals surface area contributed by atoms with Crippen molar-refractivity contribution in [3.8, 4) is 0 Å². The number of ketones is 1. The molecule has 0 amide bonds. The summed E-state index contributed by atoms with van der Waals surface area (Å²) < 4.78 is 13.5. The van der Waals surface area contributed by atoms with E-state index in [-0.39, 0.29) is 17.6 Å². The van der Waals surface area contributed by atoms with Crippen LogP contribution in [0.1, 0.15) is 34.0 Å². The van der Waals surface area contributed by atoms with E-state index in [1.54, 1.807) is 18.2 Å². The van der Waals surface area contributed by atoms with Crippen LogP contribution in [-0.2, 0) is 6.54 Å². The Hall–Kier alpha value is -2.00. The van der Waals surface area contributed by atoms with Crippen molar-refractivity contribution >= 4 is 5.78 Å². The number of aryl methyl sites for hydroxylation is 2. The largest absolute Gasteiger partial charge is 0.303 e. The lowest BCUT2D eigenvalue weighted by atomic mass is 9.98. The number of benzene rings is 2. The standard InChI is InChI=1S/C18H20FNO/c1-12-8-9-16(13(2)10-12)18(21)14(3)20-11-15-6-4-5-7-17(15)19/h4-10,14,20H,11H2,1-3H3. The highest BCUT2D eigenvalue weighted by Gasteiger charge is 2.17. The minimum Gasteiger partial charge on any atom is -0.303 e. The Morgan fingerprint density at radius 3 is 2.57 bits per heavy atom. The first kappa shape index (κ1) is 15.4. The van der Waals surface area contributed by atoms with E-state index < -0.39 is 0 Å². The van der Waals surface area contributed by atoms with E-state index in [0.717, 1.165) is 11.1 Å². The predicted molar refractivity (Wildman–Crippen MR) is 82.9 cm³/mol. The van der Waals surface area contributed by atoms with Gasteiger partial charge in [-0.1, -0.05) is 42.0 Å². The SMILES string of the molecule is Cc1ccc(C(=O)C(C)NCc2ccccc2F)c(C)c1. The lowest BCUT2D eigenvalue weighted by Crippen LogP contribution is -2.34. The number of halogens is 1. The summed E-state index contributed by atoms with van der Waals surface area (Å²) in [6, 6.07) is 12.0. The number of rotatable bonds is 5. The Morgan fingerprint density at radius 2 is 1.90 bits per heavy atom. The lowest BCUT2D eigenvalue weighted by Gasteiger charge is -2.15. The molecule has 0 aromatic heterocycles. The third-order valence-electron chi connectivity index (χ3n) is 3.60. The lowest BCUT2D eigenvalue weighted by molar-refractivity contribution is 0.0949. The normalized spacial score (nSPS) is 12.2. The molecule has 0 saturated heterocycles. The molecule has 0 aliphatic heterocycles. The quantitative estimate of drug-likeness (QED) is 0.847. The number of hydrogen-bond acceptors (Lipinski definition) is 2. The monoisotopic (exact) mass is 285 g/mol. The molecule has 3 heteroatoms. The molecular weight excluding hydrogens is 265 g/mol. The van der Waals surface area contributed by atoms with Gasteiger partial charge < -0.3 is 5.32 Å². The number of hydrogen-bond donors (Lipinski definition) is 1. The Labute approximate surface area is 125 Å². The Morgan fingerprint density at radius 1 is 1.19 bits per heavy atom. The molecule has 21 heavy (non-hydrogen) atoms. The smallest absolute Gasteiger partial charge is 0.179 e. The minimum atomic E-state index is -0.356. The molecule has 2 rings (SSSR count). The molecule has 1 atom stereocenters. The first-order chi connectivity index (χ1) is 9.99. The summed E-state index contributed by atoms with van der Waals surface area (Å²) in [4.78, 5) is 12.4. The number of carbonyl (C=O) groups is 1. The van der Waals surface area contributed by atoms with Crippen molar-refractivity contribution in [1.82, 2.24) is 5.32 Å². The molecule has 0 spiro atoms. The summed E-state index contributed by atoms with van der Waals surface area (Å²) in [5.41, 5.74) is 3.39. The third kappa shape index (κ3) is 3.76. The van der Waals surface area contributed by atoms with Gasteiger partial charge >= 0.3 is 0 Å². The molecule has 0 fully saturated rings. The summed E-state index contributed by atoms with van der Waals surface area (Å²) >= 11 is 0. The maximum absolute atomic E-state index is 13.5. The highest BCUT2D eigenvalue weighted by molar-refractivity contribution is 6.01. The second kappa shape index (κ2) is 6.64. The number of Topliss-reactive ketones (excluding diaryl/α,β-unsaturated/α-hetero) is 1. The van der Waals surface area contributed by atoms with Crippen LogP contribution < -0.4 is 5.32 Å². The zero-order valence-corrected chi connectivity index (χ0v) is 12.6. The molecule has 1 N–H and O–H groups in total. The summed E-state index contributed by atoms with van der Waals surface area (Å²) in [5, 5.41) is 3.09. The van der Waals surface area contributed by atoms with E-state index in [2.05, 4.69) is 5.32 Å². The average molecular weight is 285 g/mol. The van der Waals surface area contributed by atoms with Crippen LogP contribution in [0.3, 0.4) is 0 Å². The molecular formula is C18H20FNO. The van der Waals surface area contributed by atoms with Crippen LogP contribution in [0.2, 0.25) is 0 Å². The first-order valence-corrected chi connectivity index (χ1v) is 7.07. The van der Waals surface area contributed by atoms with E-state index in [9.17, 15) is 9.18 Å². The van der Waals surface area contributed by atoms with E-state index in [1.807, 2.05) is 39.0 Å². The average Bonchev–Trinajstić information content (AvgIpc) is 2.45. The second-order valence-electron chi connectivity index (χ2n) is 5.38. The minimum absolute atomic E-state index is 0.0313. The molecule has 0 bridgehead atoms. The summed E-state index contributed by atoms with van der Waals surface area (Å²) in [6.45, 7) is 6.08. The van der Waals surface area contributed by atoms with Crippen LogP contribution >= 0.6 is 0 Å². The molecule has 1 unspecified atom stereocenters. The van der Waals surface area contributed by atoms with Crippen molar-refractivity contribution in [2.45, 2.75) is 33.4 Å². The first-order valence-electron chi connectivity index (χ1n) is 7.07. The fourth-order valence-corrected chi connectivity index (χ4v) is 2.32. The Bertz CT molecular complexity index is 651. The fraction of sp³-hybridized carbons (Fsp3) is 0.278. The van der Waals surface area contributed by atoms with Gasteiger partial charge in [-0.25, -0.2) is 4.39 Å². The molecule has 2 nitrogen and oxygen atoms in total. The number of nitrogens with one attached hydrogen (secondary N) is 1. The van der Waals surface area contributed by atoms with E-state index in [1.165, 1.54) is 6.07 Å². The third-order valence-corrected chi connectivity index (χ3v) is 3.60. The molecule has 0 saturated carbocycles. The van der Waals surface area contributed by atoms with Crippen molar-refractivity contribution < 1.29 is 9.18 Å². The van der Waals surface area contributed by atoms with Gasteiger partial charge in [0.15, 0.2) is 5.78 Å². The maximum Gasteiger partial charge on any atom is 0.179 e. The van der Waals surface area contributed by atoms with Crippen molar-refractivity contribution in [3.05, 3.63) is 70.5 Å². The molecule has 0 aliphatic rings. The highest BCUT2D eigenvalue weighted by Crippen LogP contribution is 2.13. The molecule has 0 aliphatic carbocycles. The molecule has 0 radical (unpaired) electrons. The van der Waals surface area contributed by atoms with Gasteiger partial charge in [-0.15, -0.1) is 0 Å². The Kier molecular flexibility index (Phi) is 4.86. The maximum atomic E-state index is 13.5. The van der Waals surface area contributed by atoms with Crippen LogP contribution in [0, 0.1) is 19.7 Å². The highest BCUT2D eigenvalue weighted by atomic mass is 19.1. The van der Waals surface area contributed by atoms with E-state index >= 15 is 0 Å². The van der Waals surface area contributed by atoms with Crippen LogP contribution in [0.15, 0.2) is 42.5 Å². The van der Waals surface area contributed by atoms with Gasteiger partial charge in [0.05, 0.1) is 6.04 Å². The zero-order chi connectivity index (χ0) is 15.4. The topological polar surface area (TPSA) is 29.1 Å². The van der Waals surface area contributed by atoms with Gasteiger partial charge in [0.2, 0.25) is 0 Å². The van der Waals surface area contributed by atoms with Gasteiger partial charge in [0.25, 0.3) is 0 Å². The van der Waals surface area contributed by atoms with Gasteiger partial charge in [-0.2, -0.15) is 0 Å². The predicted octanol–water partition coefficient (Wildman–Crippen LogP) is 3.80. The molecule has 2 aromatic rings. The van der Waals surface area contributed by atoms with Gasteiger partial charge in [-0.05, 0) is 32.4 Å². The molecule has 2 aromatic carbocycles. The fourth-order valence-electron chi connectivity index (χ4n) is 2.32. The van der Waals surface area contributed by atoms with Gasteiger partial charge in [-0.3, -0.25) is 4.79 Å². The van der Waals surface area contributed by atoms with Crippen LogP contribution in [-0.4, -0.2) is 11.8 Å². The number of carbonyl (C=O) groups excluding carboxylic acids is 1. The summed E-state index contributed by atoms with van der Waals surface area (Å²) in [6.07, 6.45) is 0. The molecule has 110 valence electrons. The summed E-state index contributed by atoms with van der Waals surface area (Å²) in [5.74, 6) is -0.222. The van der Waals surface area contributed by atoms with Crippen LogP contribution in [0.4, 0.5) is 4.39 Å². The van der Waals surface area contributed by atoms with E-state index in [0.29, 0.717) is 17.7 Å². The zero-order valence-electron chi connectivity index (χ0n) is 12.6. The van der Waals surface area contributed by atoms with Crippen molar-refractivity contribution in [2.75, 3.05) is 0 Å². The van der Waals surface area contributed by atoms with E-state index in [4.69, 9.17) is 0 Å². The molecule has 0 heterocycles. The van der Waals surface area contributed by atoms with Crippen LogP contribution in [0.5, 0.6) is 0 Å². The Balaban J connectivity index is 2.04. The van der Waals surface area contributed by atoms with Crippen molar-refractivity contribution in [1.29, 1.82) is 0 Å². The van der Waals surface area contributed by atoms with Gasteiger partial charge in [0, 0.05) is 17.7 Å². The second-order valence-corrected chi connectivity index (χ2v) is 5.38. The van der Waals surface area contributed by atoms with Gasteiger partial charge in [0.1, 0.15) is 5.82 Å². The van der Waals surface area contributed by atoms with Crippen molar-refractivity contribution in [2.24, 2.45) is 0 Å².